The molecular formula is C19H22O3. The Morgan fingerprint density at radius 3 is 2.50 bits per heavy atom. The summed E-state index contributed by atoms with van der Waals surface area (Å²) in [6.07, 6.45) is 4.61. The summed E-state index contributed by atoms with van der Waals surface area (Å²) < 4.78 is 10.9. The second-order valence-electron chi connectivity index (χ2n) is 5.43. The smallest absolute Gasteiger partial charge is 0.336 e. The monoisotopic (exact) mass is 298 g/mol. The molecule has 2 heterocycles. The van der Waals surface area contributed by atoms with Gasteiger partial charge in [0.1, 0.15) is 11.3 Å². The standard InChI is InChI=1S/C19H22O3/c1-6-15(7-2)16-10-19(20)22-14(5)9-18-17(8-12(16)3)13(4)11-21-18/h6,8-11H,7H2,1-5H3/b12-8?,14-9?,15-6+,16-10?. The Bertz CT molecular complexity index is 834. The van der Waals surface area contributed by atoms with Gasteiger partial charge in [0.2, 0.25) is 0 Å². The van der Waals surface area contributed by atoms with Crippen molar-refractivity contribution in [3.05, 3.63) is 63.4 Å². The maximum absolute atomic E-state index is 12.1. The molecule has 116 valence electrons. The Morgan fingerprint density at radius 2 is 1.86 bits per heavy atom. The summed E-state index contributed by atoms with van der Waals surface area (Å²) in [5, 5.41) is 1.02. The van der Waals surface area contributed by atoms with Gasteiger partial charge in [-0.05, 0) is 62.4 Å². The second kappa shape index (κ2) is 6.65. The third-order valence-corrected chi connectivity index (χ3v) is 3.77. The Kier molecular flexibility index (Phi) is 4.86. The molecule has 0 amide bonds. The van der Waals surface area contributed by atoms with Crippen molar-refractivity contribution in [2.24, 2.45) is 0 Å². The normalized spacial score (nSPS) is 11.6. The summed E-state index contributed by atoms with van der Waals surface area (Å²) in [6, 6.07) is 5.39. The predicted octanol–water partition coefficient (Wildman–Crippen LogP) is 5.25. The fourth-order valence-corrected chi connectivity index (χ4v) is 2.59. The fourth-order valence-electron chi connectivity index (χ4n) is 2.59. The minimum atomic E-state index is -0.365. The molecule has 0 saturated heterocycles. The van der Waals surface area contributed by atoms with Crippen LogP contribution in [0, 0.1) is 20.8 Å². The summed E-state index contributed by atoms with van der Waals surface area (Å²) in [5.41, 5.74) is 4.46. The minimum absolute atomic E-state index is 0.365. The third kappa shape index (κ3) is 3.30. The van der Waals surface area contributed by atoms with Gasteiger partial charge in [-0.3, -0.25) is 0 Å². The van der Waals surface area contributed by atoms with Crippen molar-refractivity contribution in [2.75, 3.05) is 0 Å². The Labute approximate surface area is 130 Å². The first-order valence-electron chi connectivity index (χ1n) is 7.50. The van der Waals surface area contributed by atoms with Crippen LogP contribution in [0.3, 0.4) is 0 Å². The molecule has 0 aromatic carbocycles. The summed E-state index contributed by atoms with van der Waals surface area (Å²) in [4.78, 5) is 12.1. The van der Waals surface area contributed by atoms with Crippen molar-refractivity contribution in [1.82, 2.24) is 0 Å². The molecule has 0 saturated carbocycles. The van der Waals surface area contributed by atoms with Crippen LogP contribution in [0.2, 0.25) is 0 Å². The number of aryl methyl sites for hydroxylation is 3. The van der Waals surface area contributed by atoms with Crippen molar-refractivity contribution in [3.63, 3.8) is 0 Å². The lowest BCUT2D eigenvalue weighted by atomic mass is 9.99. The zero-order chi connectivity index (χ0) is 16.3. The van der Waals surface area contributed by atoms with Crippen LogP contribution in [-0.2, 0) is 0 Å². The molecule has 0 aliphatic heterocycles. The molecule has 0 spiro atoms. The predicted molar refractivity (Wildman–Crippen MR) is 90.5 cm³/mol. The molecule has 0 atom stereocenters. The quantitative estimate of drug-likeness (QED) is 0.760. The van der Waals surface area contributed by atoms with Crippen LogP contribution in [-0.4, -0.2) is 0 Å². The van der Waals surface area contributed by atoms with E-state index in [0.717, 1.165) is 34.1 Å². The van der Waals surface area contributed by atoms with Gasteiger partial charge >= 0.3 is 5.63 Å². The minimum Gasteiger partial charge on any atom is -0.464 e. The van der Waals surface area contributed by atoms with E-state index in [1.54, 1.807) is 25.3 Å². The molecule has 0 N–H and O–H groups in total. The highest BCUT2D eigenvalue weighted by Crippen LogP contribution is 2.24. The Hall–Kier alpha value is -2.29. The molecule has 2 aromatic heterocycles. The van der Waals surface area contributed by atoms with Gasteiger partial charge in [-0.2, -0.15) is 0 Å². The van der Waals surface area contributed by atoms with Gasteiger partial charge in [0.05, 0.1) is 6.26 Å². The Morgan fingerprint density at radius 1 is 1.14 bits per heavy atom. The van der Waals surface area contributed by atoms with E-state index < -0.39 is 0 Å². The van der Waals surface area contributed by atoms with Crippen LogP contribution in [0.1, 0.15) is 42.7 Å². The van der Waals surface area contributed by atoms with Gasteiger partial charge in [0, 0.05) is 17.5 Å². The number of hydrogen-bond acceptors (Lipinski definition) is 3. The third-order valence-electron chi connectivity index (χ3n) is 3.77. The largest absolute Gasteiger partial charge is 0.464 e. The average Bonchev–Trinajstić information content (AvgIpc) is 2.79. The molecule has 0 fully saturated rings. The summed E-state index contributed by atoms with van der Waals surface area (Å²) in [6.45, 7) is 9.82. The number of furan rings is 1. The summed E-state index contributed by atoms with van der Waals surface area (Å²) >= 11 is 0. The zero-order valence-corrected chi connectivity index (χ0v) is 13.8. The van der Waals surface area contributed by atoms with E-state index in [2.05, 4.69) is 13.0 Å². The molecule has 3 nitrogen and oxygen atoms in total. The van der Waals surface area contributed by atoms with E-state index in [0.29, 0.717) is 11.3 Å². The topological polar surface area (TPSA) is 43.4 Å². The number of fused-ring (bicyclic) bond motifs is 1. The van der Waals surface area contributed by atoms with Crippen LogP contribution < -0.4 is 5.63 Å². The van der Waals surface area contributed by atoms with Crippen molar-refractivity contribution in [1.29, 1.82) is 0 Å². The van der Waals surface area contributed by atoms with Gasteiger partial charge in [0.25, 0.3) is 0 Å². The number of rotatable bonds is 2. The molecule has 3 heteroatoms. The molecule has 0 bridgehead atoms. The van der Waals surface area contributed by atoms with Crippen LogP contribution in [0.5, 0.6) is 0 Å². The van der Waals surface area contributed by atoms with Gasteiger partial charge in [-0.25, -0.2) is 4.79 Å². The average molecular weight is 298 g/mol. The molecular weight excluding hydrogens is 276 g/mol. The maximum atomic E-state index is 12.1. The number of hydrogen-bond donors (Lipinski definition) is 0. The van der Waals surface area contributed by atoms with Gasteiger partial charge in [-0.1, -0.05) is 13.0 Å². The lowest BCUT2D eigenvalue weighted by Gasteiger charge is -2.05. The van der Waals surface area contributed by atoms with Crippen molar-refractivity contribution in [2.45, 2.75) is 41.0 Å². The first-order valence-corrected chi connectivity index (χ1v) is 7.50. The maximum Gasteiger partial charge on any atom is 0.336 e. The zero-order valence-electron chi connectivity index (χ0n) is 13.8. The van der Waals surface area contributed by atoms with Crippen LogP contribution in [0.4, 0.5) is 0 Å². The molecule has 0 aliphatic rings. The van der Waals surface area contributed by atoms with Crippen molar-refractivity contribution >= 4 is 16.5 Å². The Balaban J connectivity index is 3.01. The van der Waals surface area contributed by atoms with E-state index in [4.69, 9.17) is 8.83 Å². The van der Waals surface area contributed by atoms with Crippen LogP contribution in [0.25, 0.3) is 16.5 Å². The van der Waals surface area contributed by atoms with E-state index in [1.165, 1.54) is 0 Å². The molecule has 2 aromatic rings. The first kappa shape index (κ1) is 16.1. The lowest BCUT2D eigenvalue weighted by molar-refractivity contribution is 0.483. The number of allylic oxidation sites excluding steroid dienone is 2. The van der Waals surface area contributed by atoms with Crippen LogP contribution >= 0.6 is 0 Å². The first-order chi connectivity index (χ1) is 10.5. The van der Waals surface area contributed by atoms with Crippen LogP contribution in [0.15, 0.2) is 44.2 Å². The fraction of sp³-hybridized carbons (Fsp3) is 0.316. The molecule has 0 radical (unpaired) electrons. The highest BCUT2D eigenvalue weighted by molar-refractivity contribution is 5.81. The molecule has 0 unspecified atom stereocenters. The van der Waals surface area contributed by atoms with Gasteiger partial charge in [-0.15, -0.1) is 0 Å². The highest BCUT2D eigenvalue weighted by Gasteiger charge is 2.05. The van der Waals surface area contributed by atoms with E-state index in [1.807, 2.05) is 26.8 Å². The second-order valence-corrected chi connectivity index (χ2v) is 5.43. The molecule has 0 aliphatic carbocycles. The summed E-state index contributed by atoms with van der Waals surface area (Å²) in [5.74, 6) is 0.516. The highest BCUT2D eigenvalue weighted by atomic mass is 16.4. The van der Waals surface area contributed by atoms with E-state index in [9.17, 15) is 4.79 Å². The van der Waals surface area contributed by atoms with Crippen molar-refractivity contribution in [3.8, 4) is 0 Å². The van der Waals surface area contributed by atoms with E-state index >= 15 is 0 Å². The lowest BCUT2D eigenvalue weighted by Crippen LogP contribution is -1.98. The molecule has 22 heavy (non-hydrogen) atoms. The van der Waals surface area contributed by atoms with E-state index in [-0.39, 0.29) is 5.63 Å². The summed E-state index contributed by atoms with van der Waals surface area (Å²) in [7, 11) is 0. The van der Waals surface area contributed by atoms with Gasteiger partial charge in [0.15, 0.2) is 0 Å². The van der Waals surface area contributed by atoms with Crippen molar-refractivity contribution < 1.29 is 8.83 Å². The SMILES string of the molecule is C/C=C(\CC)c1cc(=O)oc(C)cc2occ(C)c2cc1C. The molecule has 2 rings (SSSR count). The van der Waals surface area contributed by atoms with Gasteiger partial charge < -0.3 is 8.83 Å².